The standard InChI is InChI=1S/C15H21N5O2.ClH/c1-10(16-3)9-13-19-14(22-20-13)11(2)17-15(21)18-12-7-5-4-6-8-12;/h4-8,10-11,16H,9H2,1-3H3,(H2,17,18,21);1H. The van der Waals surface area contributed by atoms with E-state index in [1.54, 1.807) is 6.92 Å². The van der Waals surface area contributed by atoms with Crippen LogP contribution in [0.1, 0.15) is 31.6 Å². The van der Waals surface area contributed by atoms with Crippen molar-refractivity contribution in [1.82, 2.24) is 20.8 Å². The third-order valence-corrected chi connectivity index (χ3v) is 3.22. The van der Waals surface area contributed by atoms with Crippen molar-refractivity contribution in [1.29, 1.82) is 0 Å². The van der Waals surface area contributed by atoms with Gasteiger partial charge in [0.2, 0.25) is 5.89 Å². The predicted molar refractivity (Wildman–Crippen MR) is 90.8 cm³/mol. The molecule has 0 aliphatic carbocycles. The molecule has 1 heterocycles. The number of nitrogens with one attached hydrogen (secondary N) is 3. The number of amides is 2. The zero-order valence-corrected chi connectivity index (χ0v) is 14.2. The summed E-state index contributed by atoms with van der Waals surface area (Å²) in [6.07, 6.45) is 0.670. The number of para-hydroxylation sites is 1. The summed E-state index contributed by atoms with van der Waals surface area (Å²) >= 11 is 0. The fourth-order valence-electron chi connectivity index (χ4n) is 1.85. The average Bonchev–Trinajstić information content (AvgIpc) is 2.96. The number of anilines is 1. The first-order valence-electron chi connectivity index (χ1n) is 7.20. The van der Waals surface area contributed by atoms with E-state index in [9.17, 15) is 4.79 Å². The summed E-state index contributed by atoms with van der Waals surface area (Å²) in [6, 6.07) is 8.80. The maximum Gasteiger partial charge on any atom is 0.319 e. The fraction of sp³-hybridized carbons (Fsp3) is 0.400. The molecule has 8 heteroatoms. The zero-order chi connectivity index (χ0) is 15.9. The number of rotatable bonds is 6. The van der Waals surface area contributed by atoms with Crippen molar-refractivity contribution < 1.29 is 9.32 Å². The van der Waals surface area contributed by atoms with E-state index in [0.717, 1.165) is 5.69 Å². The van der Waals surface area contributed by atoms with E-state index >= 15 is 0 Å². The zero-order valence-electron chi connectivity index (χ0n) is 13.4. The summed E-state index contributed by atoms with van der Waals surface area (Å²) in [4.78, 5) is 16.2. The molecule has 0 fully saturated rings. The molecule has 2 aromatic rings. The van der Waals surface area contributed by atoms with Gasteiger partial charge in [0.15, 0.2) is 5.82 Å². The van der Waals surface area contributed by atoms with E-state index in [0.29, 0.717) is 18.1 Å². The monoisotopic (exact) mass is 339 g/mol. The average molecular weight is 340 g/mol. The Bertz CT molecular complexity index is 605. The molecule has 2 atom stereocenters. The molecule has 0 spiro atoms. The van der Waals surface area contributed by atoms with E-state index in [1.165, 1.54) is 0 Å². The number of likely N-dealkylation sites (N-methyl/N-ethyl adjacent to an activating group) is 1. The fourth-order valence-corrected chi connectivity index (χ4v) is 1.85. The molecule has 0 radical (unpaired) electrons. The molecule has 2 rings (SSSR count). The van der Waals surface area contributed by atoms with Gasteiger partial charge < -0.3 is 20.5 Å². The molecule has 0 aliphatic heterocycles. The van der Waals surface area contributed by atoms with Gasteiger partial charge in [-0.25, -0.2) is 4.79 Å². The van der Waals surface area contributed by atoms with Crippen LogP contribution in [0, 0.1) is 0 Å². The molecule has 7 nitrogen and oxygen atoms in total. The van der Waals surface area contributed by atoms with Crippen LogP contribution in [0.3, 0.4) is 0 Å². The SMILES string of the molecule is CNC(C)Cc1noc(C(C)NC(=O)Nc2ccccc2)n1.Cl. The molecule has 2 amide bonds. The number of hydrogen-bond acceptors (Lipinski definition) is 5. The molecular formula is C15H22ClN5O2. The summed E-state index contributed by atoms with van der Waals surface area (Å²) in [5.41, 5.74) is 0.723. The van der Waals surface area contributed by atoms with E-state index in [2.05, 4.69) is 26.1 Å². The minimum atomic E-state index is -0.366. The Balaban J connectivity index is 0.00000264. The third kappa shape index (κ3) is 5.88. The third-order valence-electron chi connectivity index (χ3n) is 3.22. The second kappa shape index (κ2) is 9.12. The highest BCUT2D eigenvalue weighted by atomic mass is 35.5. The molecule has 3 N–H and O–H groups in total. The number of aromatic nitrogens is 2. The van der Waals surface area contributed by atoms with Crippen LogP contribution in [0.5, 0.6) is 0 Å². The largest absolute Gasteiger partial charge is 0.337 e. The molecule has 2 unspecified atom stereocenters. The van der Waals surface area contributed by atoms with Gasteiger partial charge in [0, 0.05) is 18.2 Å². The van der Waals surface area contributed by atoms with Gasteiger partial charge in [0.1, 0.15) is 6.04 Å². The normalized spacial score (nSPS) is 12.8. The molecular weight excluding hydrogens is 318 g/mol. The highest BCUT2D eigenvalue weighted by molar-refractivity contribution is 5.89. The first-order chi connectivity index (χ1) is 10.6. The molecule has 23 heavy (non-hydrogen) atoms. The maximum atomic E-state index is 11.9. The number of carbonyl (C=O) groups is 1. The highest BCUT2D eigenvalue weighted by Gasteiger charge is 2.17. The Hall–Kier alpha value is -2.12. The van der Waals surface area contributed by atoms with Crippen LogP contribution >= 0.6 is 12.4 Å². The summed E-state index contributed by atoms with van der Waals surface area (Å²) < 4.78 is 5.19. The predicted octanol–water partition coefficient (Wildman–Crippen LogP) is 2.52. The van der Waals surface area contributed by atoms with Crippen LogP contribution in [0.25, 0.3) is 0 Å². The lowest BCUT2D eigenvalue weighted by molar-refractivity contribution is 0.245. The molecule has 1 aromatic carbocycles. The first-order valence-corrected chi connectivity index (χ1v) is 7.20. The van der Waals surface area contributed by atoms with Crippen LogP contribution < -0.4 is 16.0 Å². The van der Waals surface area contributed by atoms with Crippen molar-refractivity contribution >= 4 is 24.1 Å². The van der Waals surface area contributed by atoms with Crippen molar-refractivity contribution in [3.63, 3.8) is 0 Å². The van der Waals surface area contributed by atoms with Crippen molar-refractivity contribution in [2.24, 2.45) is 0 Å². The smallest absolute Gasteiger partial charge is 0.319 e. The highest BCUT2D eigenvalue weighted by Crippen LogP contribution is 2.11. The van der Waals surface area contributed by atoms with E-state index in [1.807, 2.05) is 44.3 Å². The minimum absolute atomic E-state index is 0. The minimum Gasteiger partial charge on any atom is -0.337 e. The first kappa shape index (κ1) is 18.9. The summed E-state index contributed by atoms with van der Waals surface area (Å²) in [5.74, 6) is 1.01. The summed E-state index contributed by atoms with van der Waals surface area (Å²) in [6.45, 7) is 3.83. The lowest BCUT2D eigenvalue weighted by atomic mass is 10.2. The molecule has 126 valence electrons. The lowest BCUT2D eigenvalue weighted by Crippen LogP contribution is -2.31. The number of nitrogens with zero attached hydrogens (tertiary/aromatic N) is 2. The Morgan fingerprint density at radius 3 is 2.61 bits per heavy atom. The van der Waals surface area contributed by atoms with Gasteiger partial charge in [0.05, 0.1) is 0 Å². The lowest BCUT2D eigenvalue weighted by Gasteiger charge is -2.11. The Labute approximate surface area is 141 Å². The Morgan fingerprint density at radius 2 is 1.96 bits per heavy atom. The number of benzene rings is 1. The van der Waals surface area contributed by atoms with Gasteiger partial charge >= 0.3 is 6.03 Å². The van der Waals surface area contributed by atoms with Crippen LogP contribution in [0.2, 0.25) is 0 Å². The van der Waals surface area contributed by atoms with Gasteiger partial charge in [-0.2, -0.15) is 4.98 Å². The number of carbonyl (C=O) groups excluding carboxylic acids is 1. The van der Waals surface area contributed by atoms with Gasteiger partial charge in [0.25, 0.3) is 0 Å². The van der Waals surface area contributed by atoms with Gasteiger partial charge in [-0.15, -0.1) is 12.4 Å². The van der Waals surface area contributed by atoms with E-state index < -0.39 is 0 Å². The van der Waals surface area contributed by atoms with Crippen molar-refractivity contribution in [3.05, 3.63) is 42.0 Å². The topological polar surface area (TPSA) is 92.1 Å². The van der Waals surface area contributed by atoms with E-state index in [4.69, 9.17) is 4.52 Å². The molecule has 0 saturated heterocycles. The number of hydrogen-bond donors (Lipinski definition) is 3. The van der Waals surface area contributed by atoms with Crippen LogP contribution in [0.4, 0.5) is 10.5 Å². The molecule has 1 aromatic heterocycles. The van der Waals surface area contributed by atoms with Gasteiger partial charge in [-0.1, -0.05) is 23.4 Å². The second-order valence-corrected chi connectivity index (χ2v) is 5.13. The van der Waals surface area contributed by atoms with Crippen molar-refractivity contribution in [3.8, 4) is 0 Å². The molecule has 0 aliphatic rings. The quantitative estimate of drug-likeness (QED) is 0.752. The summed E-state index contributed by atoms with van der Waals surface area (Å²) in [5, 5.41) is 12.5. The molecule has 0 saturated carbocycles. The number of halogens is 1. The van der Waals surface area contributed by atoms with Crippen LogP contribution in [-0.4, -0.2) is 29.3 Å². The molecule has 0 bridgehead atoms. The van der Waals surface area contributed by atoms with E-state index in [-0.39, 0.29) is 30.5 Å². The van der Waals surface area contributed by atoms with Crippen molar-refractivity contribution in [2.75, 3.05) is 12.4 Å². The van der Waals surface area contributed by atoms with Crippen LogP contribution in [0.15, 0.2) is 34.9 Å². The maximum absolute atomic E-state index is 11.9. The summed E-state index contributed by atoms with van der Waals surface area (Å²) in [7, 11) is 1.88. The Kier molecular flexibility index (Phi) is 7.50. The Morgan fingerprint density at radius 1 is 1.26 bits per heavy atom. The number of urea groups is 1. The van der Waals surface area contributed by atoms with Gasteiger partial charge in [-0.3, -0.25) is 0 Å². The van der Waals surface area contributed by atoms with Crippen molar-refractivity contribution in [2.45, 2.75) is 32.4 Å². The van der Waals surface area contributed by atoms with Crippen LogP contribution in [-0.2, 0) is 6.42 Å². The van der Waals surface area contributed by atoms with Gasteiger partial charge in [-0.05, 0) is 33.0 Å². The second-order valence-electron chi connectivity index (χ2n) is 5.13.